The fourth-order valence-corrected chi connectivity index (χ4v) is 11.0. The van der Waals surface area contributed by atoms with E-state index < -0.39 is 0 Å². The molecular formula is C60H36N10. The van der Waals surface area contributed by atoms with Crippen LogP contribution in [0.25, 0.3) is 133 Å². The molecule has 0 saturated carbocycles. The standard InChI is InChI=1S/C60H36N10/c1-2-14-37(15-3-1)58-64-59(66-60(65-58)70-50-24-12-4-16-38(50)39-17-5-13-25-51(39)70)43-32-56(68-48-22-10-7-19-41(48)45-35-62-30-27-53(45)68)57(69-49-23-11-8-20-42(49)46-36-63-31-28-54(46)69)33-55(43)67-47-21-9-6-18-40(47)44-34-61-29-26-52(44)67/h1-36H. The number of fused-ring (bicyclic) bond motifs is 12. The van der Waals surface area contributed by atoms with E-state index in [9.17, 15) is 0 Å². The molecule has 7 aromatic carbocycles. The summed E-state index contributed by atoms with van der Waals surface area (Å²) in [7, 11) is 0. The summed E-state index contributed by atoms with van der Waals surface area (Å²) in [5.74, 6) is 1.59. The van der Waals surface area contributed by atoms with Crippen LogP contribution in [0.3, 0.4) is 0 Å². The Morgan fingerprint density at radius 1 is 0.271 bits per heavy atom. The van der Waals surface area contributed by atoms with Gasteiger partial charge in [0, 0.05) is 91.4 Å². The fourth-order valence-electron chi connectivity index (χ4n) is 11.0. The van der Waals surface area contributed by atoms with Crippen molar-refractivity contribution in [3.63, 3.8) is 0 Å². The first-order valence-corrected chi connectivity index (χ1v) is 23.3. The summed E-state index contributed by atoms with van der Waals surface area (Å²) in [4.78, 5) is 30.4. The van der Waals surface area contributed by atoms with Gasteiger partial charge in [0.15, 0.2) is 11.6 Å². The Balaban J connectivity index is 1.16. The Labute approximate surface area is 398 Å². The van der Waals surface area contributed by atoms with Crippen molar-refractivity contribution in [2.24, 2.45) is 0 Å². The maximum absolute atomic E-state index is 5.62. The van der Waals surface area contributed by atoms with Crippen LogP contribution >= 0.6 is 0 Å². The van der Waals surface area contributed by atoms with Crippen molar-refractivity contribution in [1.82, 2.24) is 48.2 Å². The zero-order valence-electron chi connectivity index (χ0n) is 37.3. The van der Waals surface area contributed by atoms with Crippen molar-refractivity contribution >= 4 is 87.2 Å². The maximum atomic E-state index is 5.62. The lowest BCUT2D eigenvalue weighted by Crippen LogP contribution is -2.10. The molecule has 0 aliphatic heterocycles. The summed E-state index contributed by atoms with van der Waals surface area (Å²) in [5.41, 5.74) is 12.7. The largest absolute Gasteiger partial charge is 0.308 e. The first kappa shape index (κ1) is 38.3. The van der Waals surface area contributed by atoms with Crippen molar-refractivity contribution in [2.45, 2.75) is 0 Å². The van der Waals surface area contributed by atoms with Crippen molar-refractivity contribution < 1.29 is 0 Å². The summed E-state index contributed by atoms with van der Waals surface area (Å²) >= 11 is 0. The van der Waals surface area contributed by atoms with Crippen molar-refractivity contribution in [1.29, 1.82) is 0 Å². The van der Waals surface area contributed by atoms with Gasteiger partial charge in [-0.05, 0) is 60.7 Å². The van der Waals surface area contributed by atoms with E-state index in [0.717, 1.165) is 115 Å². The number of para-hydroxylation sites is 5. The van der Waals surface area contributed by atoms with Crippen LogP contribution in [-0.2, 0) is 0 Å². The van der Waals surface area contributed by atoms with Gasteiger partial charge in [0.2, 0.25) is 5.95 Å². The highest BCUT2D eigenvalue weighted by molar-refractivity contribution is 6.13. The number of nitrogens with zero attached hydrogens (tertiary/aromatic N) is 10. The SMILES string of the molecule is c1ccc(-c2nc(-c3cc(-n4c5ccccc5c5cnccc54)c(-n4c5ccccc5c5cnccc54)cc3-n3c4ccccc4c4cnccc43)nc(-n3c4ccccc4c4ccccc43)n2)cc1. The first-order valence-electron chi connectivity index (χ1n) is 23.3. The van der Waals surface area contributed by atoms with Crippen LogP contribution in [-0.4, -0.2) is 48.2 Å². The molecule has 10 heteroatoms. The minimum atomic E-state index is 0.516. The third kappa shape index (κ3) is 5.49. The molecule has 15 aromatic rings. The van der Waals surface area contributed by atoms with E-state index >= 15 is 0 Å². The highest BCUT2D eigenvalue weighted by Crippen LogP contribution is 2.44. The summed E-state index contributed by atoms with van der Waals surface area (Å²) in [6, 6.07) is 63.8. The molecule has 0 spiro atoms. The third-order valence-corrected chi connectivity index (χ3v) is 13.9. The number of rotatable bonds is 6. The normalized spacial score (nSPS) is 12.0. The molecule has 0 bridgehead atoms. The molecule has 8 aromatic heterocycles. The number of hydrogen-bond donors (Lipinski definition) is 0. The molecule has 8 heterocycles. The molecule has 0 aliphatic carbocycles. The van der Waals surface area contributed by atoms with Crippen LogP contribution in [0, 0.1) is 0 Å². The highest BCUT2D eigenvalue weighted by Gasteiger charge is 2.27. The number of aromatic nitrogens is 10. The van der Waals surface area contributed by atoms with Crippen LogP contribution < -0.4 is 0 Å². The van der Waals surface area contributed by atoms with Gasteiger partial charge in [-0.2, -0.15) is 9.97 Å². The van der Waals surface area contributed by atoms with Crippen LogP contribution in [0.2, 0.25) is 0 Å². The van der Waals surface area contributed by atoms with Crippen molar-refractivity contribution in [3.05, 3.63) is 219 Å². The predicted molar refractivity (Wildman–Crippen MR) is 281 cm³/mol. The van der Waals surface area contributed by atoms with E-state index in [1.807, 2.05) is 55.4 Å². The van der Waals surface area contributed by atoms with Gasteiger partial charge in [0.25, 0.3) is 0 Å². The molecule has 0 atom stereocenters. The molecule has 0 fully saturated rings. The van der Waals surface area contributed by atoms with Gasteiger partial charge in [-0.1, -0.05) is 121 Å². The Morgan fingerprint density at radius 3 is 1.10 bits per heavy atom. The summed E-state index contributed by atoms with van der Waals surface area (Å²) in [5, 5.41) is 8.69. The van der Waals surface area contributed by atoms with Gasteiger partial charge in [0.1, 0.15) is 0 Å². The molecule has 70 heavy (non-hydrogen) atoms. The Morgan fingerprint density at radius 2 is 0.629 bits per heavy atom. The lowest BCUT2D eigenvalue weighted by molar-refractivity contribution is 0.950. The minimum absolute atomic E-state index is 0.516. The molecule has 0 N–H and O–H groups in total. The highest BCUT2D eigenvalue weighted by atomic mass is 15.2. The molecule has 0 amide bonds. The van der Waals surface area contributed by atoms with Gasteiger partial charge in [-0.15, -0.1) is 0 Å². The summed E-state index contributed by atoms with van der Waals surface area (Å²) in [6.07, 6.45) is 11.5. The molecule has 10 nitrogen and oxygen atoms in total. The van der Waals surface area contributed by atoms with E-state index in [-0.39, 0.29) is 0 Å². The van der Waals surface area contributed by atoms with Crippen molar-refractivity contribution in [2.75, 3.05) is 0 Å². The molecule has 0 unspecified atom stereocenters. The average molecular weight is 897 g/mol. The molecule has 0 saturated heterocycles. The van der Waals surface area contributed by atoms with E-state index in [1.165, 1.54) is 0 Å². The zero-order valence-corrected chi connectivity index (χ0v) is 37.3. The molecular weight excluding hydrogens is 861 g/mol. The van der Waals surface area contributed by atoms with Crippen LogP contribution in [0.5, 0.6) is 0 Å². The lowest BCUT2D eigenvalue weighted by atomic mass is 10.1. The topological polar surface area (TPSA) is 97.1 Å². The Kier molecular flexibility index (Phi) is 8.13. The monoisotopic (exact) mass is 896 g/mol. The summed E-state index contributed by atoms with van der Waals surface area (Å²) < 4.78 is 9.29. The van der Waals surface area contributed by atoms with Gasteiger partial charge in [-0.3, -0.25) is 19.5 Å². The maximum Gasteiger partial charge on any atom is 0.238 e. The summed E-state index contributed by atoms with van der Waals surface area (Å²) in [6.45, 7) is 0. The zero-order chi connectivity index (χ0) is 45.9. The van der Waals surface area contributed by atoms with Gasteiger partial charge >= 0.3 is 0 Å². The van der Waals surface area contributed by atoms with Crippen LogP contribution in [0.15, 0.2) is 219 Å². The second-order valence-corrected chi connectivity index (χ2v) is 17.6. The van der Waals surface area contributed by atoms with Gasteiger partial charge in [0.05, 0.1) is 61.2 Å². The fraction of sp³-hybridized carbons (Fsp3) is 0. The second-order valence-electron chi connectivity index (χ2n) is 17.6. The predicted octanol–water partition coefficient (Wildman–Crippen LogP) is 13.8. The Bertz CT molecular complexity index is 4400. The average Bonchev–Trinajstić information content (AvgIpc) is 4.16. The van der Waals surface area contributed by atoms with E-state index in [1.54, 1.807) is 0 Å². The third-order valence-electron chi connectivity index (χ3n) is 13.9. The van der Waals surface area contributed by atoms with Crippen LogP contribution in [0.4, 0.5) is 0 Å². The number of pyridine rings is 3. The number of hydrogen-bond acceptors (Lipinski definition) is 6. The number of benzene rings is 7. The molecule has 0 aliphatic rings. The quantitative estimate of drug-likeness (QED) is 0.165. The Hall–Kier alpha value is -9.80. The second kappa shape index (κ2) is 14.9. The van der Waals surface area contributed by atoms with E-state index in [2.05, 4.69) is 197 Å². The smallest absolute Gasteiger partial charge is 0.238 e. The molecule has 0 radical (unpaired) electrons. The molecule has 326 valence electrons. The van der Waals surface area contributed by atoms with E-state index in [4.69, 9.17) is 15.0 Å². The van der Waals surface area contributed by atoms with Gasteiger partial charge in [-0.25, -0.2) is 4.98 Å². The van der Waals surface area contributed by atoms with Crippen LogP contribution in [0.1, 0.15) is 0 Å². The van der Waals surface area contributed by atoms with Crippen molar-refractivity contribution in [3.8, 4) is 45.8 Å². The first-order chi connectivity index (χ1) is 34.8. The molecule has 15 rings (SSSR count). The minimum Gasteiger partial charge on any atom is -0.308 e. The van der Waals surface area contributed by atoms with E-state index in [0.29, 0.717) is 17.6 Å². The lowest BCUT2D eigenvalue weighted by Gasteiger charge is -2.22. The van der Waals surface area contributed by atoms with Gasteiger partial charge < -0.3 is 13.7 Å².